The molecule has 0 spiro atoms. The molecule has 1 aromatic heterocycles. The summed E-state index contributed by atoms with van der Waals surface area (Å²) >= 11 is 0. The Balaban J connectivity index is 2.44. The third-order valence-electron chi connectivity index (χ3n) is 3.80. The molecule has 6 heteroatoms. The summed E-state index contributed by atoms with van der Waals surface area (Å²) in [5.74, 6) is -1.42. The number of aliphatic carboxylic acids is 1. The van der Waals surface area contributed by atoms with Crippen molar-refractivity contribution in [3.8, 4) is 0 Å². The number of carboxylic acids is 1. The quantitative estimate of drug-likeness (QED) is 0.893. The highest BCUT2D eigenvalue weighted by atomic mass is 16.4. The number of nitrogens with zero attached hydrogens (tertiary/aromatic N) is 3. The first-order valence-electron chi connectivity index (χ1n) is 6.54. The highest BCUT2D eigenvalue weighted by Gasteiger charge is 2.38. The number of carbonyl (C=O) groups excluding carboxylic acids is 1. The van der Waals surface area contributed by atoms with E-state index in [0.717, 1.165) is 5.69 Å². The van der Waals surface area contributed by atoms with Gasteiger partial charge in [0.1, 0.15) is 0 Å². The largest absolute Gasteiger partial charge is 0.481 e. The van der Waals surface area contributed by atoms with E-state index in [1.807, 2.05) is 11.5 Å². The molecular weight excluding hydrogens is 246 g/mol. The van der Waals surface area contributed by atoms with Gasteiger partial charge in [0.15, 0.2) is 0 Å². The predicted octanol–water partition coefficient (Wildman–Crippen LogP) is 1.29. The Morgan fingerprint density at radius 1 is 1.58 bits per heavy atom. The minimum absolute atomic E-state index is 0.00222. The Labute approximate surface area is 112 Å². The molecule has 1 aromatic rings. The van der Waals surface area contributed by atoms with E-state index < -0.39 is 17.9 Å². The topological polar surface area (TPSA) is 75.4 Å². The molecule has 0 radical (unpaired) electrons. The molecule has 104 valence electrons. The molecule has 0 aliphatic carbocycles. The Morgan fingerprint density at radius 3 is 2.95 bits per heavy atom. The van der Waals surface area contributed by atoms with Gasteiger partial charge >= 0.3 is 5.97 Å². The molecular formula is C13H19N3O3. The van der Waals surface area contributed by atoms with E-state index in [-0.39, 0.29) is 5.91 Å². The number of amides is 1. The van der Waals surface area contributed by atoms with E-state index in [0.29, 0.717) is 25.8 Å². The molecule has 1 fully saturated rings. The summed E-state index contributed by atoms with van der Waals surface area (Å²) in [5, 5.41) is 9.43. The zero-order valence-corrected chi connectivity index (χ0v) is 11.2. The van der Waals surface area contributed by atoms with Crippen molar-refractivity contribution in [2.75, 3.05) is 7.05 Å². The Bertz CT molecular complexity index is 483. The lowest BCUT2D eigenvalue weighted by atomic mass is 9.92. The van der Waals surface area contributed by atoms with Crippen LogP contribution in [0.1, 0.15) is 37.9 Å². The molecule has 0 saturated carbocycles. The van der Waals surface area contributed by atoms with Crippen molar-refractivity contribution in [1.29, 1.82) is 0 Å². The average molecular weight is 265 g/mol. The van der Waals surface area contributed by atoms with Crippen molar-refractivity contribution < 1.29 is 14.7 Å². The van der Waals surface area contributed by atoms with Crippen LogP contribution in [0.3, 0.4) is 0 Å². The van der Waals surface area contributed by atoms with E-state index in [1.54, 1.807) is 24.5 Å². The van der Waals surface area contributed by atoms with Crippen LogP contribution >= 0.6 is 0 Å². The van der Waals surface area contributed by atoms with Gasteiger partial charge in [-0.05, 0) is 19.8 Å². The number of rotatable bonds is 3. The van der Waals surface area contributed by atoms with Gasteiger partial charge in [0.2, 0.25) is 5.91 Å². The Kier molecular flexibility index (Phi) is 3.87. The third kappa shape index (κ3) is 2.47. The normalized spacial score (nSPS) is 24.3. The number of likely N-dealkylation sites (tertiary alicyclic amines) is 1. The molecule has 0 bridgehead atoms. The maximum absolute atomic E-state index is 12.0. The SMILES string of the molecule is CCn1cncc1C1C(C(=O)O)CCCC(=O)N1C. The third-order valence-corrected chi connectivity index (χ3v) is 3.80. The lowest BCUT2D eigenvalue weighted by Crippen LogP contribution is -2.37. The fraction of sp³-hybridized carbons (Fsp3) is 0.615. The van der Waals surface area contributed by atoms with E-state index in [9.17, 15) is 14.7 Å². The summed E-state index contributed by atoms with van der Waals surface area (Å²) < 4.78 is 1.90. The van der Waals surface area contributed by atoms with Crippen molar-refractivity contribution in [1.82, 2.24) is 14.5 Å². The molecule has 2 heterocycles. The van der Waals surface area contributed by atoms with Gasteiger partial charge in [-0.25, -0.2) is 4.98 Å². The molecule has 6 nitrogen and oxygen atoms in total. The van der Waals surface area contributed by atoms with Gasteiger partial charge in [0.05, 0.1) is 30.2 Å². The zero-order valence-electron chi connectivity index (χ0n) is 11.2. The summed E-state index contributed by atoms with van der Waals surface area (Å²) in [7, 11) is 1.68. The molecule has 2 atom stereocenters. The zero-order chi connectivity index (χ0) is 14.0. The minimum atomic E-state index is -0.851. The van der Waals surface area contributed by atoms with Gasteiger partial charge in [-0.2, -0.15) is 0 Å². The van der Waals surface area contributed by atoms with E-state index >= 15 is 0 Å². The van der Waals surface area contributed by atoms with Gasteiger partial charge in [-0.15, -0.1) is 0 Å². The smallest absolute Gasteiger partial charge is 0.309 e. The van der Waals surface area contributed by atoms with Gasteiger partial charge in [0, 0.05) is 20.0 Å². The standard InChI is InChI=1S/C13H19N3O3/c1-3-16-8-14-7-10(16)12-9(13(18)19)5-4-6-11(17)15(12)2/h7-9,12H,3-6H2,1-2H3,(H,18,19). The van der Waals surface area contributed by atoms with E-state index in [1.165, 1.54) is 0 Å². The molecule has 1 aliphatic heterocycles. The number of hydrogen-bond acceptors (Lipinski definition) is 3. The highest BCUT2D eigenvalue weighted by molar-refractivity contribution is 5.79. The van der Waals surface area contributed by atoms with Crippen LogP contribution in [-0.4, -0.2) is 38.5 Å². The highest BCUT2D eigenvalue weighted by Crippen LogP contribution is 2.34. The van der Waals surface area contributed by atoms with Crippen LogP contribution < -0.4 is 0 Å². The lowest BCUT2D eigenvalue weighted by Gasteiger charge is -2.30. The minimum Gasteiger partial charge on any atom is -0.481 e. The van der Waals surface area contributed by atoms with Crippen LogP contribution in [0, 0.1) is 5.92 Å². The fourth-order valence-corrected chi connectivity index (χ4v) is 2.74. The monoisotopic (exact) mass is 265 g/mol. The predicted molar refractivity (Wildman–Crippen MR) is 68.4 cm³/mol. The molecule has 1 amide bonds. The summed E-state index contributed by atoms with van der Waals surface area (Å²) in [6.45, 7) is 2.68. The molecule has 2 rings (SSSR count). The number of imidazole rings is 1. The second-order valence-electron chi connectivity index (χ2n) is 4.89. The van der Waals surface area contributed by atoms with Gasteiger partial charge in [0.25, 0.3) is 0 Å². The van der Waals surface area contributed by atoms with Crippen LogP contribution in [0.5, 0.6) is 0 Å². The first-order chi connectivity index (χ1) is 9.06. The second kappa shape index (κ2) is 5.42. The molecule has 1 N–H and O–H groups in total. The van der Waals surface area contributed by atoms with Gasteiger partial charge < -0.3 is 14.6 Å². The van der Waals surface area contributed by atoms with Crippen LogP contribution in [0.4, 0.5) is 0 Å². The van der Waals surface area contributed by atoms with Crippen LogP contribution in [-0.2, 0) is 16.1 Å². The first-order valence-corrected chi connectivity index (χ1v) is 6.54. The summed E-state index contributed by atoms with van der Waals surface area (Å²) in [6, 6.07) is -0.435. The number of hydrogen-bond donors (Lipinski definition) is 1. The van der Waals surface area contributed by atoms with Crippen LogP contribution in [0.25, 0.3) is 0 Å². The van der Waals surface area contributed by atoms with E-state index in [2.05, 4.69) is 4.98 Å². The van der Waals surface area contributed by atoms with E-state index in [4.69, 9.17) is 0 Å². The lowest BCUT2D eigenvalue weighted by molar-refractivity contribution is -0.145. The van der Waals surface area contributed by atoms with Crippen molar-refractivity contribution in [3.05, 3.63) is 18.2 Å². The molecule has 1 saturated heterocycles. The fourth-order valence-electron chi connectivity index (χ4n) is 2.74. The van der Waals surface area contributed by atoms with Crippen molar-refractivity contribution in [2.45, 2.75) is 38.8 Å². The number of carboxylic acid groups (broad SMARTS) is 1. The second-order valence-corrected chi connectivity index (χ2v) is 4.89. The molecule has 1 aliphatic rings. The van der Waals surface area contributed by atoms with Crippen molar-refractivity contribution in [2.24, 2.45) is 5.92 Å². The number of aromatic nitrogens is 2. The maximum atomic E-state index is 12.0. The Hall–Kier alpha value is -1.85. The van der Waals surface area contributed by atoms with Crippen molar-refractivity contribution in [3.63, 3.8) is 0 Å². The Morgan fingerprint density at radius 2 is 2.32 bits per heavy atom. The van der Waals surface area contributed by atoms with Gasteiger partial charge in [-0.1, -0.05) is 0 Å². The average Bonchev–Trinajstić information content (AvgIpc) is 2.79. The summed E-state index contributed by atoms with van der Waals surface area (Å²) in [5.41, 5.74) is 0.799. The molecule has 2 unspecified atom stereocenters. The van der Waals surface area contributed by atoms with Crippen LogP contribution in [0.15, 0.2) is 12.5 Å². The molecule has 19 heavy (non-hydrogen) atoms. The van der Waals surface area contributed by atoms with Gasteiger partial charge in [-0.3, -0.25) is 9.59 Å². The molecule has 0 aromatic carbocycles. The number of aryl methyl sites for hydroxylation is 1. The van der Waals surface area contributed by atoms with Crippen molar-refractivity contribution >= 4 is 11.9 Å². The maximum Gasteiger partial charge on any atom is 0.309 e. The van der Waals surface area contributed by atoms with Crippen LogP contribution in [0.2, 0.25) is 0 Å². The first kappa shape index (κ1) is 13.6. The summed E-state index contributed by atoms with van der Waals surface area (Å²) in [4.78, 5) is 29.1. The number of carbonyl (C=O) groups is 2. The summed E-state index contributed by atoms with van der Waals surface area (Å²) in [6.07, 6.45) is 4.90.